The molecule has 1 amide bonds. The molecule has 0 N–H and O–H groups in total. The Kier molecular flexibility index (Phi) is 7.75. The molecule has 0 heterocycles. The number of carbonyl (C=O) groups is 2. The predicted molar refractivity (Wildman–Crippen MR) is 85.5 cm³/mol. The molecule has 0 aromatic heterocycles. The Hall–Kier alpha value is -2.30. The van der Waals surface area contributed by atoms with Gasteiger partial charge in [-0.15, -0.1) is 0 Å². The number of hydrogen-bond donors (Lipinski definition) is 0. The molecule has 0 bridgehead atoms. The van der Waals surface area contributed by atoms with Crippen LogP contribution in [0.15, 0.2) is 30.3 Å². The van der Waals surface area contributed by atoms with Crippen molar-refractivity contribution >= 4 is 18.0 Å². The zero-order chi connectivity index (χ0) is 16.4. The van der Waals surface area contributed by atoms with Crippen LogP contribution in [0.1, 0.15) is 25.3 Å². The van der Waals surface area contributed by atoms with Gasteiger partial charge in [-0.3, -0.25) is 9.59 Å². The molecular weight excluding hydrogens is 282 g/mol. The first-order valence-corrected chi connectivity index (χ1v) is 7.28. The van der Waals surface area contributed by atoms with Crippen molar-refractivity contribution in [3.63, 3.8) is 0 Å². The number of methoxy groups -OCH3 is 2. The fourth-order valence-electron chi connectivity index (χ4n) is 1.95. The van der Waals surface area contributed by atoms with Gasteiger partial charge in [0.25, 0.3) is 0 Å². The van der Waals surface area contributed by atoms with E-state index in [4.69, 9.17) is 4.74 Å². The topological polar surface area (TPSA) is 55.8 Å². The van der Waals surface area contributed by atoms with Gasteiger partial charge < -0.3 is 14.4 Å². The van der Waals surface area contributed by atoms with E-state index in [1.165, 1.54) is 13.2 Å². The second-order valence-electron chi connectivity index (χ2n) is 4.76. The van der Waals surface area contributed by atoms with Crippen molar-refractivity contribution in [3.8, 4) is 5.75 Å². The van der Waals surface area contributed by atoms with Crippen LogP contribution in [0.2, 0.25) is 0 Å². The van der Waals surface area contributed by atoms with Gasteiger partial charge in [0.2, 0.25) is 5.91 Å². The minimum Gasteiger partial charge on any atom is -0.497 e. The third kappa shape index (κ3) is 5.99. The molecule has 0 radical (unpaired) electrons. The lowest BCUT2D eigenvalue weighted by molar-refractivity contribution is -0.141. The Labute approximate surface area is 131 Å². The van der Waals surface area contributed by atoms with Crippen molar-refractivity contribution < 1.29 is 19.1 Å². The Bertz CT molecular complexity index is 525. The first-order valence-electron chi connectivity index (χ1n) is 7.28. The highest BCUT2D eigenvalue weighted by Crippen LogP contribution is 2.13. The second-order valence-corrected chi connectivity index (χ2v) is 4.76. The molecule has 0 aliphatic heterocycles. The molecule has 0 aliphatic rings. The summed E-state index contributed by atoms with van der Waals surface area (Å²) in [6.45, 7) is 2.96. The maximum Gasteiger partial charge on any atom is 0.307 e. The highest BCUT2D eigenvalue weighted by molar-refractivity contribution is 5.92. The number of ether oxygens (including phenoxy) is 2. The van der Waals surface area contributed by atoms with E-state index in [0.717, 1.165) is 17.7 Å². The summed E-state index contributed by atoms with van der Waals surface area (Å²) < 4.78 is 9.75. The summed E-state index contributed by atoms with van der Waals surface area (Å²) >= 11 is 0. The molecule has 0 saturated heterocycles. The molecule has 0 fully saturated rings. The van der Waals surface area contributed by atoms with E-state index in [9.17, 15) is 9.59 Å². The van der Waals surface area contributed by atoms with Crippen LogP contribution < -0.4 is 4.74 Å². The lowest BCUT2D eigenvalue weighted by Gasteiger charge is -2.19. The number of rotatable bonds is 8. The molecule has 1 aromatic carbocycles. The van der Waals surface area contributed by atoms with Crippen LogP contribution in [0.25, 0.3) is 6.08 Å². The summed E-state index contributed by atoms with van der Waals surface area (Å²) in [4.78, 5) is 25.1. The van der Waals surface area contributed by atoms with Gasteiger partial charge in [-0.25, -0.2) is 0 Å². The molecule has 0 atom stereocenters. The molecule has 5 nitrogen and oxygen atoms in total. The van der Waals surface area contributed by atoms with E-state index in [0.29, 0.717) is 13.1 Å². The Balaban J connectivity index is 2.68. The fraction of sp³-hybridized carbons (Fsp3) is 0.412. The van der Waals surface area contributed by atoms with Gasteiger partial charge in [0.15, 0.2) is 0 Å². The van der Waals surface area contributed by atoms with Gasteiger partial charge in [-0.1, -0.05) is 19.1 Å². The van der Waals surface area contributed by atoms with Gasteiger partial charge in [-0.05, 0) is 30.2 Å². The van der Waals surface area contributed by atoms with Crippen LogP contribution in [0.4, 0.5) is 0 Å². The molecule has 0 unspecified atom stereocenters. The summed E-state index contributed by atoms with van der Waals surface area (Å²) in [5, 5.41) is 0. The quantitative estimate of drug-likeness (QED) is 0.547. The van der Waals surface area contributed by atoms with E-state index >= 15 is 0 Å². The largest absolute Gasteiger partial charge is 0.497 e. The zero-order valence-corrected chi connectivity index (χ0v) is 13.4. The number of esters is 1. The highest BCUT2D eigenvalue weighted by Gasteiger charge is 2.11. The third-order valence-electron chi connectivity index (χ3n) is 3.13. The smallest absolute Gasteiger partial charge is 0.307 e. The Morgan fingerprint density at radius 2 is 2.00 bits per heavy atom. The van der Waals surface area contributed by atoms with Crippen molar-refractivity contribution in [3.05, 3.63) is 35.9 Å². The number of benzene rings is 1. The summed E-state index contributed by atoms with van der Waals surface area (Å²) in [7, 11) is 2.95. The van der Waals surface area contributed by atoms with Gasteiger partial charge in [0.1, 0.15) is 5.75 Å². The van der Waals surface area contributed by atoms with Crippen molar-refractivity contribution in [2.75, 3.05) is 27.3 Å². The maximum absolute atomic E-state index is 12.2. The summed E-state index contributed by atoms with van der Waals surface area (Å²) in [6, 6.07) is 7.45. The van der Waals surface area contributed by atoms with Gasteiger partial charge in [0, 0.05) is 19.2 Å². The molecule has 22 heavy (non-hydrogen) atoms. The molecule has 1 rings (SSSR count). The van der Waals surface area contributed by atoms with Crippen LogP contribution in [0.3, 0.4) is 0 Å². The van der Waals surface area contributed by atoms with Crippen LogP contribution in [0.5, 0.6) is 5.75 Å². The molecular formula is C17H23NO4. The fourth-order valence-corrected chi connectivity index (χ4v) is 1.95. The van der Waals surface area contributed by atoms with Crippen molar-refractivity contribution in [2.45, 2.75) is 19.8 Å². The monoisotopic (exact) mass is 305 g/mol. The van der Waals surface area contributed by atoms with Gasteiger partial charge in [-0.2, -0.15) is 0 Å². The van der Waals surface area contributed by atoms with Crippen LogP contribution in [-0.4, -0.2) is 44.1 Å². The third-order valence-corrected chi connectivity index (χ3v) is 3.13. The number of nitrogens with zero attached hydrogens (tertiary/aromatic N) is 1. The average Bonchev–Trinajstić information content (AvgIpc) is 2.56. The van der Waals surface area contributed by atoms with Gasteiger partial charge >= 0.3 is 5.97 Å². The first-order chi connectivity index (χ1) is 10.6. The van der Waals surface area contributed by atoms with E-state index in [2.05, 4.69) is 4.74 Å². The molecule has 1 aromatic rings. The number of carbonyl (C=O) groups excluding carboxylic acids is 2. The van der Waals surface area contributed by atoms with E-state index in [1.54, 1.807) is 18.1 Å². The standard InChI is InChI=1S/C17H23NO4/c1-4-11-18(12-10-17(20)22-3)16(19)9-8-14-6-5-7-15(13-14)21-2/h5-9,13H,4,10-12H2,1-3H3/b9-8+. The number of amides is 1. The highest BCUT2D eigenvalue weighted by atomic mass is 16.5. The summed E-state index contributed by atoms with van der Waals surface area (Å²) in [5.41, 5.74) is 0.886. The van der Waals surface area contributed by atoms with Crippen molar-refractivity contribution in [1.82, 2.24) is 4.90 Å². The molecule has 5 heteroatoms. The van der Waals surface area contributed by atoms with E-state index in [1.807, 2.05) is 31.2 Å². The first kappa shape index (κ1) is 17.8. The lowest BCUT2D eigenvalue weighted by Crippen LogP contribution is -2.32. The minimum absolute atomic E-state index is 0.117. The second kappa shape index (κ2) is 9.60. The van der Waals surface area contributed by atoms with Crippen LogP contribution in [-0.2, 0) is 14.3 Å². The van der Waals surface area contributed by atoms with Crippen LogP contribution in [0, 0.1) is 0 Å². The summed E-state index contributed by atoms with van der Waals surface area (Å²) in [6.07, 6.45) is 4.29. The Morgan fingerprint density at radius 1 is 1.23 bits per heavy atom. The van der Waals surface area contributed by atoms with Crippen LogP contribution >= 0.6 is 0 Å². The minimum atomic E-state index is -0.314. The van der Waals surface area contributed by atoms with E-state index < -0.39 is 0 Å². The average molecular weight is 305 g/mol. The molecule has 0 saturated carbocycles. The van der Waals surface area contributed by atoms with E-state index in [-0.39, 0.29) is 18.3 Å². The van der Waals surface area contributed by atoms with Gasteiger partial charge in [0.05, 0.1) is 20.6 Å². The zero-order valence-electron chi connectivity index (χ0n) is 13.4. The summed E-state index contributed by atoms with van der Waals surface area (Å²) in [5.74, 6) is 0.310. The number of hydrogen-bond acceptors (Lipinski definition) is 4. The maximum atomic E-state index is 12.2. The SMILES string of the molecule is CCCN(CCC(=O)OC)C(=O)/C=C/c1cccc(OC)c1. The predicted octanol–water partition coefficient (Wildman–Crippen LogP) is 2.51. The van der Waals surface area contributed by atoms with Crippen molar-refractivity contribution in [2.24, 2.45) is 0 Å². The lowest BCUT2D eigenvalue weighted by atomic mass is 10.2. The van der Waals surface area contributed by atoms with Crippen molar-refractivity contribution in [1.29, 1.82) is 0 Å². The normalized spacial score (nSPS) is 10.5. The molecule has 120 valence electrons. The Morgan fingerprint density at radius 3 is 2.64 bits per heavy atom. The molecule has 0 aliphatic carbocycles. The molecule has 0 spiro atoms.